The summed E-state index contributed by atoms with van der Waals surface area (Å²) in [6, 6.07) is 11.6. The Bertz CT molecular complexity index is 1260. The molecule has 1 fully saturated rings. The molecule has 36 heavy (non-hydrogen) atoms. The Morgan fingerprint density at radius 3 is 2.64 bits per heavy atom. The van der Waals surface area contributed by atoms with E-state index in [1.807, 2.05) is 31.2 Å². The molecule has 1 N–H and O–H groups in total. The van der Waals surface area contributed by atoms with Crippen molar-refractivity contribution in [3.8, 4) is 5.75 Å². The molecule has 0 saturated carbocycles. The van der Waals surface area contributed by atoms with Crippen LogP contribution < -0.4 is 4.74 Å². The van der Waals surface area contributed by atoms with Gasteiger partial charge >= 0.3 is 0 Å². The number of para-hydroxylation sites is 1. The van der Waals surface area contributed by atoms with Gasteiger partial charge in [-0.1, -0.05) is 31.5 Å². The number of benzene rings is 2. The predicted octanol–water partition coefficient (Wildman–Crippen LogP) is 5.64. The van der Waals surface area contributed by atoms with Gasteiger partial charge < -0.3 is 14.6 Å². The lowest BCUT2D eigenvalue weighted by Crippen LogP contribution is -2.52. The zero-order chi connectivity index (χ0) is 25.6. The highest BCUT2D eigenvalue weighted by atomic mass is 19.1. The van der Waals surface area contributed by atoms with Gasteiger partial charge in [0.15, 0.2) is 5.67 Å². The van der Waals surface area contributed by atoms with Crippen LogP contribution in [0.5, 0.6) is 5.75 Å². The molecule has 3 heterocycles. The number of hydrogen-bond donors (Lipinski definition) is 1. The second-order valence-corrected chi connectivity index (χ2v) is 10.8. The summed E-state index contributed by atoms with van der Waals surface area (Å²) < 4.78 is 36.5. The van der Waals surface area contributed by atoms with Crippen molar-refractivity contribution < 1.29 is 18.3 Å². The molecule has 0 unspecified atom stereocenters. The lowest BCUT2D eigenvalue weighted by Gasteiger charge is -2.42. The van der Waals surface area contributed by atoms with Crippen LogP contribution in [0.15, 0.2) is 42.5 Å². The predicted molar refractivity (Wildman–Crippen MR) is 137 cm³/mol. The maximum Gasteiger partial charge on any atom is 0.260 e. The van der Waals surface area contributed by atoms with Crippen molar-refractivity contribution in [2.75, 3.05) is 26.2 Å². The van der Waals surface area contributed by atoms with Gasteiger partial charge in [0, 0.05) is 53.9 Å². The van der Waals surface area contributed by atoms with Gasteiger partial charge in [-0.15, -0.1) is 0 Å². The fraction of sp³-hybridized carbons (Fsp3) is 0.483. The van der Waals surface area contributed by atoms with E-state index >= 15 is 4.39 Å². The third kappa shape index (κ3) is 4.49. The zero-order valence-electron chi connectivity index (χ0n) is 21.5. The van der Waals surface area contributed by atoms with Crippen LogP contribution in [0, 0.1) is 11.7 Å². The highest BCUT2D eigenvalue weighted by Gasteiger charge is 2.44. The van der Waals surface area contributed by atoms with Crippen molar-refractivity contribution in [2.24, 2.45) is 5.92 Å². The van der Waals surface area contributed by atoms with Gasteiger partial charge in [-0.3, -0.25) is 9.69 Å². The molecule has 2 aromatic carbocycles. The van der Waals surface area contributed by atoms with E-state index in [0.717, 1.165) is 47.7 Å². The highest BCUT2D eigenvalue weighted by Crippen LogP contribution is 2.43. The molecular weight excluding hydrogens is 460 g/mol. The van der Waals surface area contributed by atoms with Crippen LogP contribution in [0.4, 0.5) is 8.78 Å². The van der Waals surface area contributed by atoms with E-state index in [1.54, 1.807) is 12.1 Å². The molecule has 7 heteroatoms. The summed E-state index contributed by atoms with van der Waals surface area (Å²) in [4.78, 5) is 20.5. The Labute approximate surface area is 211 Å². The van der Waals surface area contributed by atoms with E-state index < -0.39 is 23.4 Å². The van der Waals surface area contributed by atoms with Gasteiger partial charge in [0.05, 0.1) is 0 Å². The fourth-order valence-electron chi connectivity index (χ4n) is 5.62. The number of hydrogen-bond acceptors (Lipinski definition) is 3. The molecule has 0 spiro atoms. The number of amides is 1. The van der Waals surface area contributed by atoms with Gasteiger partial charge in [0.2, 0.25) is 0 Å². The average Bonchev–Trinajstić information content (AvgIpc) is 3.17. The molecule has 0 bridgehead atoms. The summed E-state index contributed by atoms with van der Waals surface area (Å²) in [5.74, 6) is 0.104. The maximum absolute atomic E-state index is 15.7. The van der Waals surface area contributed by atoms with E-state index in [4.69, 9.17) is 4.74 Å². The highest BCUT2D eigenvalue weighted by molar-refractivity contribution is 5.89. The first-order chi connectivity index (χ1) is 17.2. The van der Waals surface area contributed by atoms with E-state index in [0.29, 0.717) is 24.3 Å². The minimum atomic E-state index is -2.08. The number of ether oxygens (including phenoxy) is 1. The second-order valence-electron chi connectivity index (χ2n) is 10.8. The summed E-state index contributed by atoms with van der Waals surface area (Å²) in [7, 11) is 0. The van der Waals surface area contributed by atoms with Crippen molar-refractivity contribution in [3.63, 3.8) is 0 Å². The Morgan fingerprint density at radius 2 is 1.94 bits per heavy atom. The summed E-state index contributed by atoms with van der Waals surface area (Å²) in [5, 5.41) is 1.05. The van der Waals surface area contributed by atoms with Crippen LogP contribution in [0.1, 0.15) is 57.0 Å². The van der Waals surface area contributed by atoms with Crippen molar-refractivity contribution in [1.82, 2.24) is 14.8 Å². The zero-order valence-corrected chi connectivity index (χ0v) is 21.5. The number of H-pyrrole nitrogens is 1. The molecule has 1 aromatic heterocycles. The van der Waals surface area contributed by atoms with Gasteiger partial charge in [-0.2, -0.15) is 0 Å². The van der Waals surface area contributed by atoms with Gasteiger partial charge in [0.1, 0.15) is 24.2 Å². The fourth-order valence-corrected chi connectivity index (χ4v) is 5.62. The number of alkyl halides is 1. The standard InChI is InChI=1S/C29H35F2N3O2/c1-5-19-16-33(17-19)12-13-36-20-10-11-22(24(30)15-20)27-26-23(21-8-6-7-9-25(21)32-26)14-18(2)34(27)28(35)29(3,4)31/h6-11,15,18-19,27,32H,5,12-14,16-17H2,1-4H3/t18-,27+/m1/s1. The molecule has 0 aliphatic carbocycles. The average molecular weight is 496 g/mol. The number of halogens is 2. The first-order valence-electron chi connectivity index (χ1n) is 12.9. The molecule has 3 aromatic rings. The lowest BCUT2D eigenvalue weighted by atomic mass is 9.87. The molecule has 5 rings (SSSR count). The molecule has 1 amide bonds. The van der Waals surface area contributed by atoms with Crippen LogP contribution in [-0.2, 0) is 11.2 Å². The first-order valence-corrected chi connectivity index (χ1v) is 12.9. The summed E-state index contributed by atoms with van der Waals surface area (Å²) >= 11 is 0. The Balaban J connectivity index is 1.46. The van der Waals surface area contributed by atoms with Crippen LogP contribution in [0.2, 0.25) is 0 Å². The van der Waals surface area contributed by atoms with Crippen LogP contribution >= 0.6 is 0 Å². The molecular formula is C29H35F2N3O2. The van der Waals surface area contributed by atoms with Crippen LogP contribution in [0.3, 0.4) is 0 Å². The van der Waals surface area contributed by atoms with Gasteiger partial charge in [-0.25, -0.2) is 8.78 Å². The van der Waals surface area contributed by atoms with Gasteiger partial charge in [-0.05, 0) is 56.9 Å². The van der Waals surface area contributed by atoms with E-state index in [1.165, 1.54) is 31.2 Å². The molecule has 0 radical (unpaired) electrons. The topological polar surface area (TPSA) is 48.6 Å². The van der Waals surface area contributed by atoms with Crippen molar-refractivity contribution >= 4 is 16.8 Å². The number of aromatic amines is 1. The third-order valence-corrected chi connectivity index (χ3v) is 7.67. The molecule has 1 saturated heterocycles. The molecule has 192 valence electrons. The minimum Gasteiger partial charge on any atom is -0.492 e. The van der Waals surface area contributed by atoms with E-state index in [9.17, 15) is 9.18 Å². The van der Waals surface area contributed by atoms with Crippen molar-refractivity contribution in [2.45, 2.75) is 58.3 Å². The molecule has 2 atom stereocenters. The summed E-state index contributed by atoms with van der Waals surface area (Å²) in [6.07, 6.45) is 1.76. The number of carbonyl (C=O) groups is 1. The number of nitrogens with one attached hydrogen (secondary N) is 1. The SMILES string of the molecule is CCC1CN(CCOc2ccc([C@H]3c4[nH]c5ccccc5c4C[C@@H](C)N3C(=O)C(C)(C)F)c(F)c2)C1. The number of carbonyl (C=O) groups excluding carboxylic acids is 1. The van der Waals surface area contributed by atoms with Crippen LogP contribution in [-0.4, -0.2) is 58.6 Å². The van der Waals surface area contributed by atoms with Gasteiger partial charge in [0.25, 0.3) is 5.91 Å². The summed E-state index contributed by atoms with van der Waals surface area (Å²) in [5.41, 5.74) is 0.952. The number of nitrogens with zero attached hydrogens (tertiary/aromatic N) is 2. The Hall–Kier alpha value is -2.93. The smallest absolute Gasteiger partial charge is 0.260 e. The quantitative estimate of drug-likeness (QED) is 0.462. The molecule has 2 aliphatic rings. The monoisotopic (exact) mass is 495 g/mol. The Morgan fingerprint density at radius 1 is 1.19 bits per heavy atom. The van der Waals surface area contributed by atoms with Crippen molar-refractivity contribution in [3.05, 3.63) is 65.1 Å². The van der Waals surface area contributed by atoms with Crippen LogP contribution in [0.25, 0.3) is 10.9 Å². The minimum absolute atomic E-state index is 0.303. The maximum atomic E-state index is 15.7. The largest absolute Gasteiger partial charge is 0.492 e. The van der Waals surface area contributed by atoms with E-state index in [2.05, 4.69) is 16.8 Å². The number of likely N-dealkylation sites (tertiary alicyclic amines) is 1. The second kappa shape index (κ2) is 9.51. The number of fused-ring (bicyclic) bond motifs is 3. The van der Waals surface area contributed by atoms with Crippen molar-refractivity contribution in [1.29, 1.82) is 0 Å². The normalized spacial score (nSPS) is 20.9. The molecule has 2 aliphatic heterocycles. The first kappa shape index (κ1) is 24.8. The third-order valence-electron chi connectivity index (χ3n) is 7.67. The molecule has 5 nitrogen and oxygen atoms in total. The number of aromatic nitrogens is 1. The Kier molecular flexibility index (Phi) is 6.54. The van der Waals surface area contributed by atoms with E-state index in [-0.39, 0.29) is 6.04 Å². The lowest BCUT2D eigenvalue weighted by molar-refractivity contribution is -0.146. The summed E-state index contributed by atoms with van der Waals surface area (Å²) in [6.45, 7) is 10.1. The number of rotatable bonds is 7.